The van der Waals surface area contributed by atoms with Crippen molar-refractivity contribution in [1.29, 1.82) is 0 Å². The van der Waals surface area contributed by atoms with Crippen LogP contribution >= 0.6 is 11.3 Å². The Hall–Kier alpha value is -2.26. The highest BCUT2D eigenvalue weighted by molar-refractivity contribution is 7.18. The lowest BCUT2D eigenvalue weighted by Gasteiger charge is -2.11. The van der Waals surface area contributed by atoms with E-state index in [0.29, 0.717) is 28.7 Å². The largest absolute Gasteiger partial charge is 0.395 e. The lowest BCUT2D eigenvalue weighted by molar-refractivity contribution is -0.0398. The fourth-order valence-electron chi connectivity index (χ4n) is 3.04. The second-order valence-corrected chi connectivity index (χ2v) is 7.03. The Morgan fingerprint density at radius 3 is 2.38 bits per heavy atom. The predicted octanol–water partition coefficient (Wildman–Crippen LogP) is 0.751. The standard InChI is InChI=1S/C18H20N2O5S/c1-11-13-15(22)19(9-10-21)18(25)20(16(13)26-14(11)17(23)24)8-7-12-5-3-2-4-6-12/h2-6,17,21,23-24H,7-10H2,1H3. The monoisotopic (exact) mass is 376 g/mol. The molecule has 2 heterocycles. The summed E-state index contributed by atoms with van der Waals surface area (Å²) in [4.78, 5) is 26.2. The zero-order valence-electron chi connectivity index (χ0n) is 14.3. The summed E-state index contributed by atoms with van der Waals surface area (Å²) in [5.41, 5.74) is 0.469. The van der Waals surface area contributed by atoms with Crippen molar-refractivity contribution in [3.05, 3.63) is 67.2 Å². The van der Waals surface area contributed by atoms with Gasteiger partial charge in [-0.3, -0.25) is 13.9 Å². The number of aromatic nitrogens is 2. The van der Waals surface area contributed by atoms with Gasteiger partial charge in [-0.15, -0.1) is 11.3 Å². The van der Waals surface area contributed by atoms with E-state index in [2.05, 4.69) is 0 Å². The number of fused-ring (bicyclic) bond motifs is 1. The van der Waals surface area contributed by atoms with Gasteiger partial charge in [0, 0.05) is 6.54 Å². The Balaban J connectivity index is 2.20. The van der Waals surface area contributed by atoms with Gasteiger partial charge in [-0.1, -0.05) is 30.3 Å². The maximum atomic E-state index is 12.8. The molecule has 0 bridgehead atoms. The molecule has 0 radical (unpaired) electrons. The van der Waals surface area contributed by atoms with E-state index in [9.17, 15) is 24.9 Å². The molecule has 3 rings (SSSR count). The second kappa shape index (κ2) is 7.55. The molecule has 26 heavy (non-hydrogen) atoms. The van der Waals surface area contributed by atoms with Crippen molar-refractivity contribution in [2.24, 2.45) is 0 Å². The fourth-order valence-corrected chi connectivity index (χ4v) is 4.23. The number of thiophene rings is 1. The summed E-state index contributed by atoms with van der Waals surface area (Å²) in [6, 6.07) is 9.64. The highest BCUT2D eigenvalue weighted by Gasteiger charge is 2.22. The first-order chi connectivity index (χ1) is 12.5. The molecule has 7 nitrogen and oxygen atoms in total. The average Bonchev–Trinajstić information content (AvgIpc) is 2.97. The van der Waals surface area contributed by atoms with Crippen LogP contribution in [0.4, 0.5) is 0 Å². The van der Waals surface area contributed by atoms with Crippen LogP contribution in [-0.4, -0.2) is 31.1 Å². The van der Waals surface area contributed by atoms with Crippen LogP contribution < -0.4 is 11.2 Å². The van der Waals surface area contributed by atoms with E-state index in [-0.39, 0.29) is 18.0 Å². The molecule has 0 aliphatic heterocycles. The summed E-state index contributed by atoms with van der Waals surface area (Å²) in [6.07, 6.45) is -1.13. The highest BCUT2D eigenvalue weighted by atomic mass is 32.1. The summed E-state index contributed by atoms with van der Waals surface area (Å²) in [5, 5.41) is 28.6. The first-order valence-corrected chi connectivity index (χ1v) is 9.05. The Labute approximate surface area is 153 Å². The molecule has 138 valence electrons. The van der Waals surface area contributed by atoms with Gasteiger partial charge in [0.1, 0.15) is 4.83 Å². The third-order valence-corrected chi connectivity index (χ3v) is 5.71. The van der Waals surface area contributed by atoms with Gasteiger partial charge in [-0.2, -0.15) is 0 Å². The molecular formula is C18H20N2O5S. The number of rotatable bonds is 6. The van der Waals surface area contributed by atoms with Crippen molar-refractivity contribution in [3.63, 3.8) is 0 Å². The number of benzene rings is 1. The van der Waals surface area contributed by atoms with Gasteiger partial charge in [0.2, 0.25) is 0 Å². The van der Waals surface area contributed by atoms with Crippen LogP contribution in [-0.2, 0) is 19.5 Å². The number of nitrogens with zero attached hydrogens (tertiary/aromatic N) is 2. The average molecular weight is 376 g/mol. The summed E-state index contributed by atoms with van der Waals surface area (Å²) in [6.45, 7) is 1.53. The molecule has 0 atom stereocenters. The minimum atomic E-state index is -1.71. The summed E-state index contributed by atoms with van der Waals surface area (Å²) >= 11 is 1.04. The predicted molar refractivity (Wildman–Crippen MR) is 99.5 cm³/mol. The van der Waals surface area contributed by atoms with Gasteiger partial charge in [-0.05, 0) is 24.5 Å². The molecule has 0 spiro atoms. The molecule has 0 aliphatic rings. The van der Waals surface area contributed by atoms with Gasteiger partial charge < -0.3 is 15.3 Å². The lowest BCUT2D eigenvalue weighted by atomic mass is 10.1. The van der Waals surface area contributed by atoms with E-state index < -0.39 is 17.5 Å². The Kier molecular flexibility index (Phi) is 5.38. The third kappa shape index (κ3) is 3.24. The molecule has 0 aliphatic carbocycles. The molecule has 3 aromatic rings. The second-order valence-electron chi connectivity index (χ2n) is 6.00. The van der Waals surface area contributed by atoms with Crippen molar-refractivity contribution >= 4 is 21.6 Å². The number of hydrogen-bond donors (Lipinski definition) is 3. The summed E-state index contributed by atoms with van der Waals surface area (Å²) in [5.74, 6) is 0. The Bertz CT molecular complexity index is 1030. The normalized spacial score (nSPS) is 11.6. The van der Waals surface area contributed by atoms with E-state index in [0.717, 1.165) is 21.5 Å². The Morgan fingerprint density at radius 1 is 1.08 bits per heavy atom. The van der Waals surface area contributed by atoms with E-state index >= 15 is 0 Å². The zero-order valence-corrected chi connectivity index (χ0v) is 15.1. The van der Waals surface area contributed by atoms with Crippen molar-refractivity contribution in [1.82, 2.24) is 9.13 Å². The molecule has 0 fully saturated rings. The highest BCUT2D eigenvalue weighted by Crippen LogP contribution is 2.31. The van der Waals surface area contributed by atoms with Crippen LogP contribution in [0.2, 0.25) is 0 Å². The number of aliphatic hydroxyl groups is 3. The fraction of sp³-hybridized carbons (Fsp3) is 0.333. The van der Waals surface area contributed by atoms with Crippen molar-refractivity contribution in [2.75, 3.05) is 6.61 Å². The van der Waals surface area contributed by atoms with Gasteiger partial charge >= 0.3 is 5.69 Å². The van der Waals surface area contributed by atoms with Crippen LogP contribution in [0.1, 0.15) is 22.3 Å². The summed E-state index contributed by atoms with van der Waals surface area (Å²) < 4.78 is 2.48. The third-order valence-electron chi connectivity index (χ3n) is 4.36. The minimum absolute atomic E-state index is 0.106. The molecular weight excluding hydrogens is 356 g/mol. The quantitative estimate of drug-likeness (QED) is 0.551. The summed E-state index contributed by atoms with van der Waals surface area (Å²) in [7, 11) is 0. The topological polar surface area (TPSA) is 105 Å². The van der Waals surface area contributed by atoms with Crippen LogP contribution in [0.15, 0.2) is 39.9 Å². The molecule has 0 amide bonds. The van der Waals surface area contributed by atoms with E-state index in [4.69, 9.17) is 0 Å². The lowest BCUT2D eigenvalue weighted by Crippen LogP contribution is -2.40. The van der Waals surface area contributed by atoms with Crippen molar-refractivity contribution < 1.29 is 15.3 Å². The van der Waals surface area contributed by atoms with Gasteiger partial charge in [0.25, 0.3) is 5.56 Å². The van der Waals surface area contributed by atoms with Gasteiger partial charge in [0.15, 0.2) is 6.29 Å². The van der Waals surface area contributed by atoms with Gasteiger partial charge in [-0.25, -0.2) is 4.79 Å². The van der Waals surface area contributed by atoms with Crippen LogP contribution in [0, 0.1) is 6.92 Å². The Morgan fingerprint density at radius 2 is 1.77 bits per heavy atom. The first kappa shape index (κ1) is 18.5. The number of hydrogen-bond acceptors (Lipinski definition) is 6. The maximum Gasteiger partial charge on any atom is 0.332 e. The smallest absolute Gasteiger partial charge is 0.332 e. The minimum Gasteiger partial charge on any atom is -0.395 e. The molecule has 2 aromatic heterocycles. The van der Waals surface area contributed by atoms with E-state index in [1.54, 1.807) is 6.92 Å². The van der Waals surface area contributed by atoms with Crippen LogP contribution in [0.25, 0.3) is 10.2 Å². The molecule has 8 heteroatoms. The van der Waals surface area contributed by atoms with Crippen molar-refractivity contribution in [3.8, 4) is 0 Å². The zero-order chi connectivity index (χ0) is 18.8. The molecule has 0 unspecified atom stereocenters. The molecule has 1 aromatic carbocycles. The SMILES string of the molecule is Cc1c(C(O)O)sc2c1c(=O)n(CCO)c(=O)n2CCc1ccccc1. The van der Waals surface area contributed by atoms with Crippen molar-refractivity contribution in [2.45, 2.75) is 32.7 Å². The maximum absolute atomic E-state index is 12.8. The number of aliphatic hydroxyl groups excluding tert-OH is 2. The van der Waals surface area contributed by atoms with Crippen LogP contribution in [0.5, 0.6) is 0 Å². The molecule has 0 saturated carbocycles. The van der Waals surface area contributed by atoms with Gasteiger partial charge in [0.05, 0.1) is 23.4 Å². The molecule has 3 N–H and O–H groups in total. The number of aryl methyl sites for hydroxylation is 3. The first-order valence-electron chi connectivity index (χ1n) is 8.23. The van der Waals surface area contributed by atoms with E-state index in [1.165, 1.54) is 4.57 Å². The van der Waals surface area contributed by atoms with Crippen LogP contribution in [0.3, 0.4) is 0 Å². The van der Waals surface area contributed by atoms with E-state index in [1.807, 2.05) is 30.3 Å². The molecule has 0 saturated heterocycles.